The maximum Gasteiger partial charge on any atom is 4.00 e. The van der Waals surface area contributed by atoms with E-state index in [-0.39, 0.29) is 64.0 Å². The predicted octanol–water partition coefficient (Wildman–Crippen LogP) is 2.10. The van der Waals surface area contributed by atoms with E-state index in [1.807, 2.05) is 0 Å². The molecule has 1 aliphatic rings. The second kappa shape index (κ2) is 24.0. The molecule has 0 saturated carbocycles. The second-order valence-electron chi connectivity index (χ2n) is 11.9. The van der Waals surface area contributed by atoms with Gasteiger partial charge in [0.2, 0.25) is 0 Å². The Balaban J connectivity index is -0.00000324. The molecule has 1 aliphatic carbocycles. The van der Waals surface area contributed by atoms with Gasteiger partial charge >= 0.3 is 21.7 Å². The van der Waals surface area contributed by atoms with Crippen LogP contribution in [-0.4, -0.2) is 8.07 Å². The Morgan fingerprint density at radius 2 is 1.03 bits per heavy atom. The van der Waals surface area contributed by atoms with E-state index in [4.69, 9.17) is 0 Å². The topological polar surface area (TPSA) is 0 Å². The average Bonchev–Trinajstić information content (AvgIpc) is 3.07. The van der Waals surface area contributed by atoms with E-state index in [1.165, 1.54) is 120 Å². The summed E-state index contributed by atoms with van der Waals surface area (Å²) >= 11 is 0. The molecule has 0 fully saturated rings. The molecule has 0 bridgehead atoms. The number of benzene rings is 1. The Morgan fingerprint density at radius 3 is 1.38 bits per heavy atom. The second-order valence-corrected chi connectivity index (χ2v) is 16.6. The van der Waals surface area contributed by atoms with Gasteiger partial charge in [0.1, 0.15) is 0 Å². The molecular weight excluding hydrogens is 591 g/mol. The summed E-state index contributed by atoms with van der Waals surface area (Å²) in [7, 11) is -1.76. The van der Waals surface area contributed by atoms with Gasteiger partial charge in [-0.2, -0.15) is 11.1 Å². The van der Waals surface area contributed by atoms with Crippen molar-refractivity contribution >= 4 is 13.3 Å². The first-order valence-electron chi connectivity index (χ1n) is 15.2. The Kier molecular flexibility index (Phi) is 27.0. The molecule has 1 aromatic rings. The van der Waals surface area contributed by atoms with E-state index < -0.39 is 8.07 Å². The molecule has 0 N–H and O–H groups in total. The predicted molar refractivity (Wildman–Crippen MR) is 161 cm³/mol. The van der Waals surface area contributed by atoms with E-state index in [1.54, 1.807) is 10.8 Å². The van der Waals surface area contributed by atoms with Gasteiger partial charge in [-0.15, -0.1) is 6.92 Å². The molecule has 2 unspecified atom stereocenters. The van der Waals surface area contributed by atoms with Gasteiger partial charge in [0.05, 0.1) is 8.07 Å². The van der Waals surface area contributed by atoms with Crippen molar-refractivity contribution in [2.24, 2.45) is 0 Å². The Bertz CT molecular complexity index is 795. The van der Waals surface area contributed by atoms with Gasteiger partial charge in [-0.1, -0.05) is 184 Å². The molecule has 222 valence electrons. The summed E-state index contributed by atoms with van der Waals surface area (Å²) in [6, 6.07) is 12.8. The number of halogens is 3. The van der Waals surface area contributed by atoms with Crippen molar-refractivity contribution in [3.8, 4) is 0 Å². The van der Waals surface area contributed by atoms with Crippen molar-refractivity contribution in [3.63, 3.8) is 0 Å². The molecule has 5 heteroatoms. The number of hydrogen-bond acceptors (Lipinski definition) is 0. The van der Waals surface area contributed by atoms with E-state index in [9.17, 15) is 0 Å². The molecule has 0 saturated heterocycles. The molecule has 0 radical (unpaired) electrons. The van der Waals surface area contributed by atoms with Crippen molar-refractivity contribution in [2.75, 3.05) is 0 Å². The number of allylic oxidation sites excluding steroid dienone is 4. The molecule has 0 nitrogen and oxygen atoms in total. The Labute approximate surface area is 278 Å². The van der Waals surface area contributed by atoms with Gasteiger partial charge in [-0.25, -0.2) is 5.57 Å². The standard InChI is InChI=1S/C34H57Si.3ClH.Ti/c1-7-8-9-10-11-12-13-14-15-16-17-18-19-20-21-25-28-35(6,33-26-23-22-24-27-33)34(5)29-30(2)31(3)32(34)4;;;;/h22-24,26-27H,7-21,25,28H2,1-6H3;3*1H;/q-1;;;;+4/p-3. The van der Waals surface area contributed by atoms with Crippen molar-refractivity contribution in [1.82, 2.24) is 0 Å². The van der Waals surface area contributed by atoms with Gasteiger partial charge in [-0.3, -0.25) is 6.08 Å². The number of rotatable bonds is 19. The summed E-state index contributed by atoms with van der Waals surface area (Å²) in [5.41, 5.74) is 4.44. The van der Waals surface area contributed by atoms with Gasteiger partial charge in [0.15, 0.2) is 0 Å². The molecule has 1 aromatic carbocycles. The van der Waals surface area contributed by atoms with Crippen LogP contribution in [0.25, 0.3) is 0 Å². The van der Waals surface area contributed by atoms with E-state index in [0.29, 0.717) is 0 Å². The monoisotopic (exact) mass is 646 g/mol. The summed E-state index contributed by atoms with van der Waals surface area (Å²) < 4.78 is 0. The molecule has 0 aromatic heterocycles. The first-order chi connectivity index (χ1) is 16.9. The normalized spacial score (nSPS) is 17.7. The summed E-state index contributed by atoms with van der Waals surface area (Å²) in [5, 5.41) is 1.73. The summed E-state index contributed by atoms with van der Waals surface area (Å²) in [6.07, 6.45) is 27.0. The molecule has 0 spiro atoms. The fraction of sp³-hybridized carbons (Fsp3) is 0.706. The SMILES string of the molecule is CCCCCCCCCCCCCCCCCC[Si](C)(c1ccccc1)C1(C)[C-]=C(C)C(C)=C1C.[Cl-].[Cl-].[Cl-].[Ti+4]. The van der Waals surface area contributed by atoms with Crippen LogP contribution in [0.15, 0.2) is 47.1 Å². The zero-order valence-electron chi connectivity index (χ0n) is 26.0. The third-order valence-corrected chi connectivity index (χ3v) is 15.0. The van der Waals surface area contributed by atoms with E-state index in [0.717, 1.165) is 0 Å². The fourth-order valence-electron chi connectivity index (χ4n) is 6.29. The third-order valence-electron chi connectivity index (χ3n) is 9.36. The molecule has 0 amide bonds. The van der Waals surface area contributed by atoms with Crippen LogP contribution in [0.5, 0.6) is 0 Å². The van der Waals surface area contributed by atoms with Crippen molar-refractivity contribution in [1.29, 1.82) is 0 Å². The van der Waals surface area contributed by atoms with Crippen LogP contribution >= 0.6 is 0 Å². The maximum absolute atomic E-state index is 3.98. The zero-order valence-corrected chi connectivity index (χ0v) is 30.9. The molecular formula is C34H57Cl3SiTi. The fourth-order valence-corrected chi connectivity index (χ4v) is 11.0. The van der Waals surface area contributed by atoms with Crippen LogP contribution in [0.2, 0.25) is 17.6 Å². The number of unbranched alkanes of at least 4 members (excludes halogenated alkanes) is 15. The minimum absolute atomic E-state index is 0. The summed E-state index contributed by atoms with van der Waals surface area (Å²) in [4.78, 5) is 0. The first-order valence-corrected chi connectivity index (χ1v) is 17.9. The van der Waals surface area contributed by atoms with Gasteiger partial charge in [0.25, 0.3) is 0 Å². The molecule has 2 atom stereocenters. The number of hydrogen-bond donors (Lipinski definition) is 0. The summed E-state index contributed by atoms with van der Waals surface area (Å²) in [5.74, 6) is 0. The molecule has 39 heavy (non-hydrogen) atoms. The van der Waals surface area contributed by atoms with Crippen LogP contribution in [-0.2, 0) is 21.7 Å². The smallest absolute Gasteiger partial charge is 1.00 e. The molecule has 2 rings (SSSR count). The Morgan fingerprint density at radius 1 is 0.641 bits per heavy atom. The van der Waals surface area contributed by atoms with E-state index >= 15 is 0 Å². The van der Waals surface area contributed by atoms with Crippen LogP contribution in [0, 0.1) is 6.08 Å². The zero-order chi connectivity index (χ0) is 25.6. The van der Waals surface area contributed by atoms with E-state index in [2.05, 4.69) is 77.6 Å². The minimum atomic E-state index is -1.76. The van der Waals surface area contributed by atoms with Gasteiger partial charge < -0.3 is 37.2 Å². The summed E-state index contributed by atoms with van der Waals surface area (Å²) in [6.45, 7) is 14.4. The molecule has 0 heterocycles. The molecule has 0 aliphatic heterocycles. The first kappa shape index (κ1) is 43.9. The average molecular weight is 648 g/mol. The maximum atomic E-state index is 3.98. The largest absolute Gasteiger partial charge is 4.00 e. The quantitative estimate of drug-likeness (QED) is 0.123. The van der Waals surface area contributed by atoms with Gasteiger partial charge in [0, 0.05) is 0 Å². The van der Waals surface area contributed by atoms with Crippen LogP contribution in [0.3, 0.4) is 0 Å². The van der Waals surface area contributed by atoms with Gasteiger partial charge in [-0.05, 0) is 0 Å². The van der Waals surface area contributed by atoms with Crippen LogP contribution in [0.4, 0.5) is 0 Å². The Hall–Kier alpha value is 0.501. The minimum Gasteiger partial charge on any atom is -1.00 e. The van der Waals surface area contributed by atoms with Crippen molar-refractivity contribution in [3.05, 3.63) is 53.1 Å². The van der Waals surface area contributed by atoms with Crippen molar-refractivity contribution < 1.29 is 58.9 Å². The van der Waals surface area contributed by atoms with Crippen molar-refractivity contribution in [2.45, 2.75) is 155 Å². The van der Waals surface area contributed by atoms with Crippen LogP contribution in [0.1, 0.15) is 137 Å². The third kappa shape index (κ3) is 13.6. The van der Waals surface area contributed by atoms with Crippen LogP contribution < -0.4 is 42.4 Å².